The van der Waals surface area contributed by atoms with Crippen LogP contribution in [0.2, 0.25) is 0 Å². The van der Waals surface area contributed by atoms with E-state index in [-0.39, 0.29) is 5.91 Å². The summed E-state index contributed by atoms with van der Waals surface area (Å²) in [6.07, 6.45) is 0.359. The molecule has 1 heterocycles. The Labute approximate surface area is 145 Å². The zero-order valence-corrected chi connectivity index (χ0v) is 15.8. The van der Waals surface area contributed by atoms with Gasteiger partial charge in [0.1, 0.15) is 5.75 Å². The molecule has 0 fully saturated rings. The molecule has 0 radical (unpaired) electrons. The number of aryl methyl sites for hydroxylation is 2. The molecule has 0 unspecified atom stereocenters. The second-order valence-electron chi connectivity index (χ2n) is 5.66. The molecule has 0 spiro atoms. The maximum absolute atomic E-state index is 12.6. The molecule has 0 aliphatic carbocycles. The molecule has 1 aromatic carbocycles. The lowest BCUT2D eigenvalue weighted by molar-refractivity contribution is -0.129. The van der Waals surface area contributed by atoms with Crippen LogP contribution in [0.5, 0.6) is 5.75 Å². The molecule has 0 bridgehead atoms. The number of benzene rings is 1. The van der Waals surface area contributed by atoms with Crippen molar-refractivity contribution in [2.45, 2.75) is 26.8 Å². The van der Waals surface area contributed by atoms with E-state index in [1.54, 1.807) is 12.0 Å². The Kier molecular flexibility index (Phi) is 5.46. The van der Waals surface area contributed by atoms with Crippen LogP contribution >= 0.6 is 15.9 Å². The zero-order chi connectivity index (χ0) is 17.1. The van der Waals surface area contributed by atoms with Crippen LogP contribution in [-0.4, -0.2) is 34.7 Å². The van der Waals surface area contributed by atoms with Crippen LogP contribution in [0.4, 0.5) is 0 Å². The first-order valence-electron chi connectivity index (χ1n) is 7.39. The van der Waals surface area contributed by atoms with E-state index < -0.39 is 0 Å². The van der Waals surface area contributed by atoms with Crippen molar-refractivity contribution in [1.82, 2.24) is 14.7 Å². The Morgan fingerprint density at radius 3 is 2.65 bits per heavy atom. The number of nitrogens with zero attached hydrogens (tertiary/aromatic N) is 3. The van der Waals surface area contributed by atoms with Crippen molar-refractivity contribution in [3.05, 3.63) is 45.2 Å². The monoisotopic (exact) mass is 379 g/mol. The molecule has 2 aromatic rings. The van der Waals surface area contributed by atoms with Gasteiger partial charge in [-0.3, -0.25) is 9.48 Å². The van der Waals surface area contributed by atoms with Crippen LogP contribution in [0.1, 0.15) is 22.5 Å². The van der Waals surface area contributed by atoms with Gasteiger partial charge in [-0.2, -0.15) is 5.10 Å². The minimum Gasteiger partial charge on any atom is -0.496 e. The van der Waals surface area contributed by atoms with E-state index in [0.29, 0.717) is 13.0 Å². The number of aromatic nitrogens is 2. The SMILES string of the molecule is COc1ccc(Br)cc1CN(C)C(=O)Cc1c(C)nn(C)c1C. The highest BCUT2D eigenvalue weighted by Gasteiger charge is 2.17. The standard InChI is InChI=1S/C17H22BrN3O2/c1-11-15(12(2)21(4)19-11)9-17(22)20(3)10-13-8-14(18)6-7-16(13)23-5/h6-8H,9-10H2,1-5H3. The van der Waals surface area contributed by atoms with Crippen molar-refractivity contribution in [2.24, 2.45) is 7.05 Å². The number of carbonyl (C=O) groups is 1. The normalized spacial score (nSPS) is 10.7. The molecule has 23 heavy (non-hydrogen) atoms. The van der Waals surface area contributed by atoms with Crippen LogP contribution in [0, 0.1) is 13.8 Å². The molecule has 124 valence electrons. The first-order chi connectivity index (χ1) is 10.8. The van der Waals surface area contributed by atoms with Gasteiger partial charge < -0.3 is 9.64 Å². The molecule has 0 saturated heterocycles. The lowest BCUT2D eigenvalue weighted by atomic mass is 10.1. The van der Waals surface area contributed by atoms with Gasteiger partial charge in [0.25, 0.3) is 0 Å². The van der Waals surface area contributed by atoms with Crippen molar-refractivity contribution in [3.63, 3.8) is 0 Å². The van der Waals surface area contributed by atoms with Gasteiger partial charge >= 0.3 is 0 Å². The van der Waals surface area contributed by atoms with Crippen LogP contribution in [-0.2, 0) is 24.8 Å². The molecule has 2 rings (SSSR count). The van der Waals surface area contributed by atoms with Crippen LogP contribution in [0.3, 0.4) is 0 Å². The van der Waals surface area contributed by atoms with Crippen molar-refractivity contribution in [3.8, 4) is 5.75 Å². The highest BCUT2D eigenvalue weighted by Crippen LogP contribution is 2.24. The van der Waals surface area contributed by atoms with Crippen molar-refractivity contribution in [2.75, 3.05) is 14.2 Å². The minimum absolute atomic E-state index is 0.0613. The van der Waals surface area contributed by atoms with Gasteiger partial charge in [-0.05, 0) is 32.0 Å². The van der Waals surface area contributed by atoms with Crippen LogP contribution in [0.15, 0.2) is 22.7 Å². The van der Waals surface area contributed by atoms with Crippen molar-refractivity contribution in [1.29, 1.82) is 0 Å². The topological polar surface area (TPSA) is 47.4 Å². The molecule has 0 saturated carbocycles. The van der Waals surface area contributed by atoms with Gasteiger partial charge in [0.2, 0.25) is 5.91 Å². The average molecular weight is 380 g/mol. The van der Waals surface area contributed by atoms with E-state index in [9.17, 15) is 4.79 Å². The molecule has 6 heteroatoms. The summed E-state index contributed by atoms with van der Waals surface area (Å²) in [5.41, 5.74) is 3.92. The maximum Gasteiger partial charge on any atom is 0.227 e. The fraction of sp³-hybridized carbons (Fsp3) is 0.412. The number of hydrogen-bond donors (Lipinski definition) is 0. The van der Waals surface area contributed by atoms with Gasteiger partial charge in [-0.15, -0.1) is 0 Å². The molecule has 0 aliphatic heterocycles. The van der Waals surface area contributed by atoms with Gasteiger partial charge in [0.15, 0.2) is 0 Å². The first kappa shape index (κ1) is 17.5. The van der Waals surface area contributed by atoms with Gasteiger partial charge in [0.05, 0.1) is 19.2 Å². The van der Waals surface area contributed by atoms with Crippen LogP contribution < -0.4 is 4.74 Å². The van der Waals surface area contributed by atoms with Crippen molar-refractivity contribution < 1.29 is 9.53 Å². The number of methoxy groups -OCH3 is 1. The average Bonchev–Trinajstić information content (AvgIpc) is 2.73. The lowest BCUT2D eigenvalue weighted by Crippen LogP contribution is -2.28. The Morgan fingerprint density at radius 1 is 1.39 bits per heavy atom. The van der Waals surface area contributed by atoms with E-state index in [1.807, 2.05) is 50.8 Å². The number of rotatable bonds is 5. The van der Waals surface area contributed by atoms with E-state index in [0.717, 1.165) is 32.7 Å². The van der Waals surface area contributed by atoms with Gasteiger partial charge in [0, 0.05) is 41.9 Å². The van der Waals surface area contributed by atoms with E-state index in [4.69, 9.17) is 4.74 Å². The lowest BCUT2D eigenvalue weighted by Gasteiger charge is -2.19. The summed E-state index contributed by atoms with van der Waals surface area (Å²) in [7, 11) is 5.34. The Balaban J connectivity index is 2.13. The number of ether oxygens (including phenoxy) is 1. The highest BCUT2D eigenvalue weighted by atomic mass is 79.9. The second-order valence-corrected chi connectivity index (χ2v) is 6.57. The van der Waals surface area contributed by atoms with Crippen molar-refractivity contribution >= 4 is 21.8 Å². The number of amides is 1. The number of halogens is 1. The third-order valence-electron chi connectivity index (χ3n) is 4.06. The molecular formula is C17H22BrN3O2. The van der Waals surface area contributed by atoms with Crippen LogP contribution in [0.25, 0.3) is 0 Å². The Hall–Kier alpha value is -1.82. The summed E-state index contributed by atoms with van der Waals surface area (Å²) in [6.45, 7) is 4.42. The summed E-state index contributed by atoms with van der Waals surface area (Å²) in [5, 5.41) is 4.37. The summed E-state index contributed by atoms with van der Waals surface area (Å²) in [4.78, 5) is 14.3. The first-order valence-corrected chi connectivity index (χ1v) is 8.18. The maximum atomic E-state index is 12.6. The van der Waals surface area contributed by atoms with E-state index >= 15 is 0 Å². The van der Waals surface area contributed by atoms with Gasteiger partial charge in [-0.1, -0.05) is 15.9 Å². The molecule has 0 aliphatic rings. The summed E-state index contributed by atoms with van der Waals surface area (Å²) in [6, 6.07) is 5.79. The summed E-state index contributed by atoms with van der Waals surface area (Å²) < 4.78 is 8.15. The molecule has 1 aromatic heterocycles. The largest absolute Gasteiger partial charge is 0.496 e. The predicted molar refractivity (Wildman–Crippen MR) is 93.6 cm³/mol. The quantitative estimate of drug-likeness (QED) is 0.801. The van der Waals surface area contributed by atoms with E-state index in [1.165, 1.54) is 0 Å². The number of likely N-dealkylation sites (N-methyl/N-ethyl adjacent to an activating group) is 1. The molecular weight excluding hydrogens is 358 g/mol. The molecule has 0 atom stereocenters. The zero-order valence-electron chi connectivity index (χ0n) is 14.2. The predicted octanol–water partition coefficient (Wildman–Crippen LogP) is 3.01. The minimum atomic E-state index is 0.0613. The summed E-state index contributed by atoms with van der Waals surface area (Å²) >= 11 is 3.46. The molecule has 0 N–H and O–H groups in total. The third kappa shape index (κ3) is 3.93. The van der Waals surface area contributed by atoms with E-state index in [2.05, 4.69) is 21.0 Å². The fourth-order valence-corrected chi connectivity index (χ4v) is 2.98. The Morgan fingerprint density at radius 2 is 2.09 bits per heavy atom. The Bertz CT molecular complexity index is 725. The number of hydrogen-bond acceptors (Lipinski definition) is 3. The number of carbonyl (C=O) groups excluding carboxylic acids is 1. The second kappa shape index (κ2) is 7.17. The highest BCUT2D eigenvalue weighted by molar-refractivity contribution is 9.10. The summed E-state index contributed by atoms with van der Waals surface area (Å²) in [5.74, 6) is 0.841. The third-order valence-corrected chi connectivity index (χ3v) is 4.56. The smallest absolute Gasteiger partial charge is 0.227 e. The molecule has 1 amide bonds. The van der Waals surface area contributed by atoms with Gasteiger partial charge in [-0.25, -0.2) is 0 Å². The fourth-order valence-electron chi connectivity index (χ4n) is 2.57. The molecule has 5 nitrogen and oxygen atoms in total.